The van der Waals surface area contributed by atoms with Gasteiger partial charge in [-0.05, 0) is 11.6 Å². The number of hydrogen-bond donors (Lipinski definition) is 0. The molecule has 0 atom stereocenters. The fourth-order valence-electron chi connectivity index (χ4n) is 0.477. The summed E-state index contributed by atoms with van der Waals surface area (Å²) in [5, 5.41) is -0.400. The number of rotatable bonds is 1. The monoisotopic (exact) mass is 129 g/mol. The molecule has 0 radical (unpaired) electrons. The Hall–Kier alpha value is -0.630. The lowest BCUT2D eigenvalue weighted by atomic mass is 10.3. The normalized spacial score (nSPS) is 16.4. The number of aliphatic imine (C=N–C) groups is 1. The lowest BCUT2D eigenvalue weighted by molar-refractivity contribution is -0.108. The summed E-state index contributed by atoms with van der Waals surface area (Å²) < 4.78 is 0. The lowest BCUT2D eigenvalue weighted by Gasteiger charge is -1.83. The van der Waals surface area contributed by atoms with E-state index in [1.165, 1.54) is 6.20 Å². The Labute approximate surface area is 51.9 Å². The number of allylic oxidation sites excluding steroid dienone is 1. The molecule has 0 aliphatic carbocycles. The average Bonchev–Trinajstić information content (AvgIpc) is 2.12. The molecule has 2 nitrogen and oxygen atoms in total. The van der Waals surface area contributed by atoms with Crippen LogP contribution in [0.3, 0.4) is 0 Å². The zero-order chi connectivity index (χ0) is 5.98. The molecule has 1 aliphatic heterocycles. The first-order chi connectivity index (χ1) is 3.80. The molecule has 0 fully saturated rings. The van der Waals surface area contributed by atoms with E-state index in [1.807, 2.05) is 0 Å². The van der Waals surface area contributed by atoms with Crippen molar-refractivity contribution in [3.63, 3.8) is 0 Å². The average molecular weight is 130 g/mol. The summed E-state index contributed by atoms with van der Waals surface area (Å²) in [7, 11) is 0. The molecular weight excluding hydrogens is 126 g/mol. The largest absolute Gasteiger partial charge is 0.276 e. The first kappa shape index (κ1) is 5.51. The van der Waals surface area contributed by atoms with E-state index in [-0.39, 0.29) is 0 Å². The molecule has 0 amide bonds. The summed E-state index contributed by atoms with van der Waals surface area (Å²) in [6, 6.07) is 0. The van der Waals surface area contributed by atoms with Crippen LogP contribution in [0.2, 0.25) is 0 Å². The van der Waals surface area contributed by atoms with Crippen LogP contribution < -0.4 is 0 Å². The summed E-state index contributed by atoms with van der Waals surface area (Å²) in [5.74, 6) is 0. The van der Waals surface area contributed by atoms with Crippen molar-refractivity contribution in [3.05, 3.63) is 11.8 Å². The van der Waals surface area contributed by atoms with E-state index in [1.54, 1.807) is 6.21 Å². The van der Waals surface area contributed by atoms with E-state index >= 15 is 0 Å². The van der Waals surface area contributed by atoms with Crippen molar-refractivity contribution < 1.29 is 4.79 Å². The second kappa shape index (κ2) is 2.09. The van der Waals surface area contributed by atoms with Crippen LogP contribution in [-0.2, 0) is 4.79 Å². The van der Waals surface area contributed by atoms with Crippen molar-refractivity contribution >= 4 is 23.1 Å². The fraction of sp³-hybridized carbons (Fsp3) is 0.200. The first-order valence-corrected chi connectivity index (χ1v) is 2.59. The fourth-order valence-corrected chi connectivity index (χ4v) is 0.603. The van der Waals surface area contributed by atoms with Gasteiger partial charge in [-0.1, -0.05) is 0 Å². The Bertz CT molecular complexity index is 171. The second-order valence-corrected chi connectivity index (χ2v) is 1.81. The van der Waals surface area contributed by atoms with Gasteiger partial charge < -0.3 is 0 Å². The van der Waals surface area contributed by atoms with Crippen molar-refractivity contribution in [2.75, 3.05) is 0 Å². The molecule has 1 heterocycles. The van der Waals surface area contributed by atoms with Crippen LogP contribution in [-0.4, -0.2) is 11.5 Å². The molecule has 0 N–H and O–H groups in total. The maximum atomic E-state index is 10.3. The zero-order valence-corrected chi connectivity index (χ0v) is 4.85. The molecule has 0 spiro atoms. The molecule has 0 aromatic heterocycles. The van der Waals surface area contributed by atoms with Gasteiger partial charge in [0.1, 0.15) is 0 Å². The van der Waals surface area contributed by atoms with E-state index in [0.717, 1.165) is 0 Å². The maximum Gasteiger partial charge on any atom is 0.250 e. The Morgan fingerprint density at radius 1 is 1.88 bits per heavy atom. The molecule has 0 unspecified atom stereocenters. The topological polar surface area (TPSA) is 29.4 Å². The Morgan fingerprint density at radius 3 is 2.88 bits per heavy atom. The van der Waals surface area contributed by atoms with E-state index < -0.39 is 5.24 Å². The number of halogens is 1. The smallest absolute Gasteiger partial charge is 0.250 e. The van der Waals surface area contributed by atoms with Crippen LogP contribution in [0.1, 0.15) is 6.42 Å². The minimum Gasteiger partial charge on any atom is -0.276 e. The molecule has 8 heavy (non-hydrogen) atoms. The van der Waals surface area contributed by atoms with Crippen LogP contribution in [0.25, 0.3) is 0 Å². The summed E-state index contributed by atoms with van der Waals surface area (Å²) in [6.45, 7) is 0. The Balaban J connectivity index is 2.64. The highest BCUT2D eigenvalue weighted by atomic mass is 35.5. The van der Waals surface area contributed by atoms with Gasteiger partial charge in [0.05, 0.1) is 0 Å². The van der Waals surface area contributed by atoms with Gasteiger partial charge in [-0.15, -0.1) is 0 Å². The number of nitrogens with zero attached hydrogens (tertiary/aromatic N) is 1. The molecule has 0 saturated carbocycles. The Morgan fingerprint density at radius 2 is 2.62 bits per heavy atom. The molecule has 1 aliphatic rings. The third-order valence-corrected chi connectivity index (χ3v) is 1.14. The van der Waals surface area contributed by atoms with E-state index in [2.05, 4.69) is 4.99 Å². The minimum atomic E-state index is -0.400. The highest BCUT2D eigenvalue weighted by Gasteiger charge is 2.06. The highest BCUT2D eigenvalue weighted by Crippen LogP contribution is 2.08. The van der Waals surface area contributed by atoms with Crippen LogP contribution >= 0.6 is 11.6 Å². The summed E-state index contributed by atoms with van der Waals surface area (Å²) in [4.78, 5) is 14.0. The van der Waals surface area contributed by atoms with Crippen molar-refractivity contribution in [2.24, 2.45) is 4.99 Å². The molecule has 3 heteroatoms. The van der Waals surface area contributed by atoms with Gasteiger partial charge in [-0.2, -0.15) is 0 Å². The molecule has 42 valence electrons. The van der Waals surface area contributed by atoms with E-state index in [4.69, 9.17) is 11.6 Å². The summed E-state index contributed by atoms with van der Waals surface area (Å²) >= 11 is 5.10. The minimum absolute atomic E-state index is 0.400. The van der Waals surface area contributed by atoms with Crippen LogP contribution in [0, 0.1) is 0 Å². The van der Waals surface area contributed by atoms with Crippen LogP contribution in [0.4, 0.5) is 0 Å². The summed E-state index contributed by atoms with van der Waals surface area (Å²) in [6.07, 6.45) is 3.72. The second-order valence-electron chi connectivity index (χ2n) is 1.46. The molecule has 0 bridgehead atoms. The lowest BCUT2D eigenvalue weighted by Crippen LogP contribution is -1.88. The van der Waals surface area contributed by atoms with Gasteiger partial charge in [0.15, 0.2) is 0 Å². The molecule has 0 aromatic rings. The van der Waals surface area contributed by atoms with Crippen molar-refractivity contribution in [1.29, 1.82) is 0 Å². The number of hydrogen-bond acceptors (Lipinski definition) is 2. The van der Waals surface area contributed by atoms with Gasteiger partial charge in [0.2, 0.25) is 5.24 Å². The van der Waals surface area contributed by atoms with Crippen molar-refractivity contribution in [2.45, 2.75) is 6.42 Å². The predicted octanol–water partition coefficient (Wildman–Crippen LogP) is 1.11. The molecule has 0 saturated heterocycles. The SMILES string of the molecule is O=C(Cl)C1=CN=CC1. The van der Waals surface area contributed by atoms with Gasteiger partial charge >= 0.3 is 0 Å². The van der Waals surface area contributed by atoms with Gasteiger partial charge in [0.25, 0.3) is 0 Å². The quantitative estimate of drug-likeness (QED) is 0.488. The van der Waals surface area contributed by atoms with Crippen LogP contribution in [0.5, 0.6) is 0 Å². The molecular formula is C5H4ClNO. The standard InChI is InChI=1S/C5H4ClNO/c6-5(8)4-1-2-7-3-4/h2-3H,1H2. The van der Waals surface area contributed by atoms with Gasteiger partial charge in [-0.25, -0.2) is 0 Å². The van der Waals surface area contributed by atoms with Crippen molar-refractivity contribution in [1.82, 2.24) is 0 Å². The van der Waals surface area contributed by atoms with E-state index in [0.29, 0.717) is 12.0 Å². The van der Waals surface area contributed by atoms with Gasteiger partial charge in [0, 0.05) is 24.4 Å². The molecule has 1 rings (SSSR count). The highest BCUT2D eigenvalue weighted by molar-refractivity contribution is 6.67. The zero-order valence-electron chi connectivity index (χ0n) is 4.10. The van der Waals surface area contributed by atoms with E-state index in [9.17, 15) is 4.79 Å². The first-order valence-electron chi connectivity index (χ1n) is 2.21. The van der Waals surface area contributed by atoms with Crippen LogP contribution in [0.15, 0.2) is 16.8 Å². The van der Waals surface area contributed by atoms with Gasteiger partial charge in [-0.3, -0.25) is 9.79 Å². The Kier molecular flexibility index (Phi) is 1.44. The molecule has 0 aromatic carbocycles. The third kappa shape index (κ3) is 0.954. The number of carbonyl (C=O) groups excluding carboxylic acids is 1. The maximum absolute atomic E-state index is 10.3. The third-order valence-electron chi connectivity index (χ3n) is 0.899. The van der Waals surface area contributed by atoms with Crippen molar-refractivity contribution in [3.8, 4) is 0 Å². The summed E-state index contributed by atoms with van der Waals surface area (Å²) in [5.41, 5.74) is 0.576. The predicted molar refractivity (Wildman–Crippen MR) is 32.1 cm³/mol. The number of carbonyl (C=O) groups is 1.